The van der Waals surface area contributed by atoms with Crippen LogP contribution in [0.2, 0.25) is 5.02 Å². The van der Waals surface area contributed by atoms with Gasteiger partial charge in [0.15, 0.2) is 0 Å². The molecule has 0 unspecified atom stereocenters. The molecule has 1 aliphatic rings. The first-order valence-corrected chi connectivity index (χ1v) is 6.86. The summed E-state index contributed by atoms with van der Waals surface area (Å²) in [5.41, 5.74) is 0.488. The van der Waals surface area contributed by atoms with E-state index in [-0.39, 0.29) is 19.0 Å². The van der Waals surface area contributed by atoms with Crippen molar-refractivity contribution in [3.05, 3.63) is 34.9 Å². The monoisotopic (exact) mass is 310 g/mol. The molecule has 0 radical (unpaired) electrons. The van der Waals surface area contributed by atoms with Crippen molar-refractivity contribution in [3.63, 3.8) is 0 Å². The van der Waals surface area contributed by atoms with Gasteiger partial charge in [-0.1, -0.05) is 29.8 Å². The number of hydrogen-bond donors (Lipinski definition) is 2. The number of carbonyl (C=O) groups is 3. The zero-order chi connectivity index (χ0) is 15.6. The van der Waals surface area contributed by atoms with Crippen molar-refractivity contribution in [2.75, 3.05) is 13.1 Å². The molecule has 112 valence electrons. The van der Waals surface area contributed by atoms with Crippen LogP contribution >= 0.6 is 11.6 Å². The van der Waals surface area contributed by atoms with E-state index in [0.717, 1.165) is 0 Å². The minimum atomic E-state index is -1.22. The van der Waals surface area contributed by atoms with E-state index in [4.69, 9.17) is 16.7 Å². The van der Waals surface area contributed by atoms with Crippen LogP contribution < -0.4 is 5.32 Å². The molecule has 1 aromatic rings. The molecule has 2 amide bonds. The molecule has 1 aromatic carbocycles. The number of hydrogen-bond acceptors (Lipinski definition) is 3. The minimum absolute atomic E-state index is 0.248. The SMILES string of the molecule is C[C@H](C(=O)O)C(=O)N1CCNC(=O)[C@H]1c1ccccc1Cl. The van der Waals surface area contributed by atoms with E-state index in [1.807, 2.05) is 0 Å². The van der Waals surface area contributed by atoms with Gasteiger partial charge in [0.25, 0.3) is 0 Å². The lowest BCUT2D eigenvalue weighted by Crippen LogP contribution is -2.54. The third-order valence-corrected chi connectivity index (χ3v) is 3.78. The van der Waals surface area contributed by atoms with E-state index in [9.17, 15) is 14.4 Å². The molecule has 2 atom stereocenters. The Hall–Kier alpha value is -2.08. The maximum atomic E-state index is 12.3. The molecule has 0 bridgehead atoms. The van der Waals surface area contributed by atoms with Crippen LogP contribution in [-0.4, -0.2) is 40.9 Å². The normalized spacial score (nSPS) is 19.8. The lowest BCUT2D eigenvalue weighted by molar-refractivity contribution is -0.155. The number of aliphatic carboxylic acids is 1. The summed E-state index contributed by atoms with van der Waals surface area (Å²) in [5.74, 6) is -3.38. The summed E-state index contributed by atoms with van der Waals surface area (Å²) in [6.45, 7) is 1.84. The van der Waals surface area contributed by atoms with Crippen LogP contribution in [0.15, 0.2) is 24.3 Å². The Balaban J connectivity index is 2.39. The van der Waals surface area contributed by atoms with Gasteiger partial charge in [0, 0.05) is 23.7 Å². The van der Waals surface area contributed by atoms with Gasteiger partial charge in [-0.05, 0) is 13.0 Å². The predicted octanol–water partition coefficient (Wildman–Crippen LogP) is 1.06. The van der Waals surface area contributed by atoms with Crippen LogP contribution in [0.4, 0.5) is 0 Å². The van der Waals surface area contributed by atoms with Crippen LogP contribution in [0, 0.1) is 5.92 Å². The molecule has 21 heavy (non-hydrogen) atoms. The fraction of sp³-hybridized carbons (Fsp3) is 0.357. The topological polar surface area (TPSA) is 86.7 Å². The fourth-order valence-electron chi connectivity index (χ4n) is 2.26. The van der Waals surface area contributed by atoms with Crippen LogP contribution in [0.25, 0.3) is 0 Å². The van der Waals surface area contributed by atoms with E-state index in [1.54, 1.807) is 24.3 Å². The van der Waals surface area contributed by atoms with Gasteiger partial charge in [-0.25, -0.2) is 0 Å². The summed E-state index contributed by atoms with van der Waals surface area (Å²) in [6.07, 6.45) is 0. The van der Waals surface area contributed by atoms with Crippen molar-refractivity contribution in [2.45, 2.75) is 13.0 Å². The Bertz CT molecular complexity index is 590. The molecule has 1 saturated heterocycles. The van der Waals surface area contributed by atoms with Gasteiger partial charge in [0.2, 0.25) is 11.8 Å². The highest BCUT2D eigenvalue weighted by Gasteiger charge is 2.38. The van der Waals surface area contributed by atoms with Crippen molar-refractivity contribution in [1.82, 2.24) is 10.2 Å². The number of rotatable bonds is 3. The third kappa shape index (κ3) is 3.00. The average molecular weight is 311 g/mol. The number of piperazine rings is 1. The zero-order valence-electron chi connectivity index (χ0n) is 11.4. The molecule has 1 fully saturated rings. The summed E-state index contributed by atoms with van der Waals surface area (Å²) < 4.78 is 0. The number of benzene rings is 1. The number of nitrogens with one attached hydrogen (secondary N) is 1. The minimum Gasteiger partial charge on any atom is -0.481 e. The van der Waals surface area contributed by atoms with E-state index in [0.29, 0.717) is 10.6 Å². The summed E-state index contributed by atoms with van der Waals surface area (Å²) in [4.78, 5) is 36.7. The maximum absolute atomic E-state index is 12.3. The first kappa shape index (κ1) is 15.3. The highest BCUT2D eigenvalue weighted by molar-refractivity contribution is 6.31. The molecule has 0 spiro atoms. The Morgan fingerprint density at radius 2 is 2.10 bits per heavy atom. The molecule has 7 heteroatoms. The summed E-state index contributed by atoms with van der Waals surface area (Å²) >= 11 is 6.10. The Morgan fingerprint density at radius 3 is 2.71 bits per heavy atom. The Labute approximate surface area is 126 Å². The van der Waals surface area contributed by atoms with E-state index < -0.39 is 23.8 Å². The van der Waals surface area contributed by atoms with Gasteiger partial charge in [-0.2, -0.15) is 0 Å². The molecule has 0 aromatic heterocycles. The lowest BCUT2D eigenvalue weighted by atomic mass is 10.00. The second kappa shape index (κ2) is 6.13. The van der Waals surface area contributed by atoms with Gasteiger partial charge in [-0.3, -0.25) is 14.4 Å². The third-order valence-electron chi connectivity index (χ3n) is 3.44. The van der Waals surface area contributed by atoms with Crippen molar-refractivity contribution in [2.24, 2.45) is 5.92 Å². The number of nitrogens with zero attached hydrogens (tertiary/aromatic N) is 1. The lowest BCUT2D eigenvalue weighted by Gasteiger charge is -2.36. The molecule has 2 rings (SSSR count). The summed E-state index contributed by atoms with van der Waals surface area (Å²) in [7, 11) is 0. The highest BCUT2D eigenvalue weighted by Crippen LogP contribution is 2.30. The van der Waals surface area contributed by atoms with Crippen LogP contribution in [-0.2, 0) is 14.4 Å². The van der Waals surface area contributed by atoms with Gasteiger partial charge >= 0.3 is 5.97 Å². The molecule has 0 saturated carbocycles. The van der Waals surface area contributed by atoms with Crippen LogP contribution in [0.5, 0.6) is 0 Å². The average Bonchev–Trinajstić information content (AvgIpc) is 2.46. The number of carbonyl (C=O) groups excluding carboxylic acids is 2. The Kier molecular flexibility index (Phi) is 4.47. The largest absolute Gasteiger partial charge is 0.481 e. The fourth-order valence-corrected chi connectivity index (χ4v) is 2.50. The van der Waals surface area contributed by atoms with Crippen LogP contribution in [0.1, 0.15) is 18.5 Å². The molecular formula is C14H15ClN2O4. The van der Waals surface area contributed by atoms with E-state index in [1.165, 1.54) is 11.8 Å². The van der Waals surface area contributed by atoms with E-state index >= 15 is 0 Å². The summed E-state index contributed by atoms with van der Waals surface area (Å²) in [6, 6.07) is 5.82. The smallest absolute Gasteiger partial charge is 0.315 e. The second-order valence-corrected chi connectivity index (χ2v) is 5.21. The molecule has 1 heterocycles. The molecule has 6 nitrogen and oxygen atoms in total. The number of halogens is 1. The number of amides is 2. The standard InChI is InChI=1S/C14H15ClN2O4/c1-8(14(20)21)13(19)17-7-6-16-12(18)11(17)9-4-2-3-5-10(9)15/h2-5,8,11H,6-7H2,1H3,(H,16,18)(H,20,21)/t8-,11+/m0/s1. The van der Waals surface area contributed by atoms with Gasteiger partial charge < -0.3 is 15.3 Å². The first-order valence-electron chi connectivity index (χ1n) is 6.49. The van der Waals surface area contributed by atoms with Gasteiger partial charge in [-0.15, -0.1) is 0 Å². The van der Waals surface area contributed by atoms with Crippen molar-refractivity contribution in [3.8, 4) is 0 Å². The zero-order valence-corrected chi connectivity index (χ0v) is 12.1. The van der Waals surface area contributed by atoms with Crippen molar-refractivity contribution < 1.29 is 19.5 Å². The highest BCUT2D eigenvalue weighted by atomic mass is 35.5. The molecule has 1 aliphatic heterocycles. The quantitative estimate of drug-likeness (QED) is 0.817. The molecule has 2 N–H and O–H groups in total. The molecule has 0 aliphatic carbocycles. The van der Waals surface area contributed by atoms with E-state index in [2.05, 4.69) is 5.32 Å². The number of carboxylic acids is 1. The van der Waals surface area contributed by atoms with Gasteiger partial charge in [0.05, 0.1) is 0 Å². The first-order chi connectivity index (χ1) is 9.93. The molecular weight excluding hydrogens is 296 g/mol. The number of carboxylic acid groups (broad SMARTS) is 1. The summed E-state index contributed by atoms with van der Waals surface area (Å²) in [5, 5.41) is 12.0. The second-order valence-electron chi connectivity index (χ2n) is 4.81. The predicted molar refractivity (Wildman–Crippen MR) is 75.7 cm³/mol. The van der Waals surface area contributed by atoms with Crippen molar-refractivity contribution >= 4 is 29.4 Å². The van der Waals surface area contributed by atoms with Crippen molar-refractivity contribution in [1.29, 1.82) is 0 Å². The Morgan fingerprint density at radius 1 is 1.43 bits per heavy atom. The van der Waals surface area contributed by atoms with Gasteiger partial charge in [0.1, 0.15) is 12.0 Å². The van der Waals surface area contributed by atoms with Crippen LogP contribution in [0.3, 0.4) is 0 Å². The maximum Gasteiger partial charge on any atom is 0.315 e.